The molecule has 26 heavy (non-hydrogen) atoms. The van der Waals surface area contributed by atoms with Gasteiger partial charge < -0.3 is 5.11 Å². The summed E-state index contributed by atoms with van der Waals surface area (Å²) in [7, 11) is 0. The Morgan fingerprint density at radius 2 is 0.962 bits per heavy atom. The van der Waals surface area contributed by atoms with Gasteiger partial charge in [-0.3, -0.25) is 4.79 Å². The Hall–Kier alpha value is -1.12. The van der Waals surface area contributed by atoms with Crippen LogP contribution in [0.3, 0.4) is 0 Å². The number of allylic oxidation sites excluding steroid dienone is 1. The molecule has 0 radical (unpaired) electrons. The molecule has 154 valence electrons. The summed E-state index contributed by atoms with van der Waals surface area (Å²) in [6, 6.07) is 0. The highest BCUT2D eigenvalue weighted by molar-refractivity contribution is 5.95. The molecule has 0 aliphatic carbocycles. The van der Waals surface area contributed by atoms with Crippen molar-refractivity contribution in [2.45, 2.75) is 124 Å². The summed E-state index contributed by atoms with van der Waals surface area (Å²) in [5.41, 5.74) is 0. The number of carbonyl (C=O) groups is 2. The number of carboxylic acid groups (broad SMARTS) is 1. The molecule has 0 saturated carbocycles. The molecule has 0 aromatic rings. The highest BCUT2D eigenvalue weighted by Gasteiger charge is 1.98. The molecular weight excluding hydrogens is 324 g/mol. The van der Waals surface area contributed by atoms with Crippen LogP contribution in [0, 0.1) is 0 Å². The maximum absolute atomic E-state index is 11.3. The first-order valence-electron chi connectivity index (χ1n) is 10.6. The second-order valence-electron chi connectivity index (χ2n) is 7.19. The van der Waals surface area contributed by atoms with Crippen molar-refractivity contribution in [2.75, 3.05) is 0 Å². The summed E-state index contributed by atoms with van der Waals surface area (Å²) >= 11 is 0. The van der Waals surface area contributed by atoms with Crippen LogP contribution in [0.1, 0.15) is 124 Å². The Labute approximate surface area is 162 Å². The van der Waals surface area contributed by atoms with E-state index in [1.807, 2.05) is 0 Å². The van der Waals surface area contributed by atoms with Gasteiger partial charge >= 0.3 is 5.97 Å². The molecular formula is C23H44O3. The molecule has 3 heteroatoms. The topological polar surface area (TPSA) is 54.4 Å². The van der Waals surface area contributed by atoms with Crippen molar-refractivity contribution in [3.8, 4) is 0 Å². The summed E-state index contributed by atoms with van der Waals surface area (Å²) in [5.74, 6) is -1.13. The average molecular weight is 369 g/mol. The fourth-order valence-electron chi connectivity index (χ4n) is 3.09. The van der Waals surface area contributed by atoms with Crippen molar-refractivity contribution in [3.63, 3.8) is 0 Å². The molecule has 0 spiro atoms. The van der Waals surface area contributed by atoms with E-state index in [0.29, 0.717) is 6.42 Å². The van der Waals surface area contributed by atoms with Crippen molar-refractivity contribution in [3.05, 3.63) is 12.2 Å². The van der Waals surface area contributed by atoms with Gasteiger partial charge in [0.15, 0.2) is 5.78 Å². The van der Waals surface area contributed by atoms with Crippen molar-refractivity contribution in [1.82, 2.24) is 0 Å². The van der Waals surface area contributed by atoms with E-state index in [1.165, 1.54) is 96.0 Å². The second-order valence-corrected chi connectivity index (χ2v) is 7.19. The zero-order valence-electron chi connectivity index (χ0n) is 16.4. The van der Waals surface area contributed by atoms with E-state index in [4.69, 9.17) is 5.11 Å². The third-order valence-corrected chi connectivity index (χ3v) is 4.69. The Balaban J connectivity index is 0. The van der Waals surface area contributed by atoms with Crippen molar-refractivity contribution < 1.29 is 14.7 Å². The fourth-order valence-corrected chi connectivity index (χ4v) is 3.09. The first-order valence-corrected chi connectivity index (χ1v) is 10.6. The Morgan fingerprint density at radius 3 is 1.31 bits per heavy atom. The highest BCUT2D eigenvalue weighted by Crippen LogP contribution is 2.14. The molecule has 1 N–H and O–H groups in total. The lowest BCUT2D eigenvalue weighted by Gasteiger charge is -2.03. The Kier molecular flexibility index (Phi) is 22.9. The number of unbranched alkanes of at least 4 members (excludes halogenated alkanes) is 15. The van der Waals surface area contributed by atoms with Gasteiger partial charge in [-0.15, -0.1) is 0 Å². The van der Waals surface area contributed by atoms with Crippen LogP contribution in [0.15, 0.2) is 12.2 Å². The lowest BCUT2D eigenvalue weighted by molar-refractivity contribution is -0.131. The number of carbonyl (C=O) groups excluding carboxylic acids is 1. The summed E-state index contributed by atoms with van der Waals surface area (Å²) in [4.78, 5) is 21.6. The van der Waals surface area contributed by atoms with Gasteiger partial charge in [0.2, 0.25) is 0 Å². The zero-order valence-corrected chi connectivity index (χ0v) is 16.4. The molecule has 0 aromatic heterocycles. The minimum Gasteiger partial charge on any atom is -0.478 e. The lowest BCUT2D eigenvalue weighted by Crippen LogP contribution is -1.95. The summed E-state index contributed by atoms with van der Waals surface area (Å²) < 4.78 is 0. The lowest BCUT2D eigenvalue weighted by atomic mass is 10.0. The van der Waals surface area contributed by atoms with Gasteiger partial charge in [0.25, 0.3) is 0 Å². The molecule has 0 fully saturated rings. The molecule has 0 aliphatic rings. The van der Waals surface area contributed by atoms with Crippen molar-refractivity contribution in [2.24, 2.45) is 0 Å². The van der Waals surface area contributed by atoms with Crippen LogP contribution in [0.5, 0.6) is 0 Å². The van der Waals surface area contributed by atoms with E-state index in [-0.39, 0.29) is 13.2 Å². The number of rotatable bonds is 19. The summed E-state index contributed by atoms with van der Waals surface area (Å²) in [5, 5.41) is 8.44. The fraction of sp³-hybridized carbons (Fsp3) is 0.826. The van der Waals surface area contributed by atoms with Crippen LogP contribution >= 0.6 is 0 Å². The van der Waals surface area contributed by atoms with E-state index < -0.39 is 5.97 Å². The van der Waals surface area contributed by atoms with E-state index >= 15 is 0 Å². The number of ketones is 1. The van der Waals surface area contributed by atoms with Crippen LogP contribution in [0.25, 0.3) is 0 Å². The SMILES string of the molecule is C.CCCCCCCCCCCCCCCCCCC(=O)/C=C/C(=O)O. The largest absolute Gasteiger partial charge is 0.478 e. The van der Waals surface area contributed by atoms with Crippen LogP contribution in [-0.4, -0.2) is 16.9 Å². The third kappa shape index (κ3) is 22.9. The van der Waals surface area contributed by atoms with E-state index in [1.54, 1.807) is 0 Å². The Bertz CT molecular complexity index is 347. The maximum Gasteiger partial charge on any atom is 0.328 e. The van der Waals surface area contributed by atoms with Gasteiger partial charge in [-0.2, -0.15) is 0 Å². The van der Waals surface area contributed by atoms with Crippen LogP contribution in [-0.2, 0) is 9.59 Å². The standard InChI is InChI=1S/C22H40O3.CH4/c1-2-3-4-5-6-7-8-9-10-11-12-13-14-15-16-17-18-21(23)19-20-22(24)25;/h19-20H,2-18H2,1H3,(H,24,25);1H4/b20-19+;. The van der Waals surface area contributed by atoms with Crippen LogP contribution in [0.4, 0.5) is 0 Å². The maximum atomic E-state index is 11.3. The van der Waals surface area contributed by atoms with E-state index in [9.17, 15) is 9.59 Å². The van der Waals surface area contributed by atoms with Crippen LogP contribution < -0.4 is 0 Å². The molecule has 0 heterocycles. The van der Waals surface area contributed by atoms with Gasteiger partial charge in [-0.1, -0.05) is 111 Å². The van der Waals surface area contributed by atoms with E-state index in [0.717, 1.165) is 18.9 Å². The molecule has 3 nitrogen and oxygen atoms in total. The molecule has 0 atom stereocenters. The molecule has 0 bridgehead atoms. The first-order chi connectivity index (χ1) is 12.2. The van der Waals surface area contributed by atoms with Crippen LogP contribution in [0.2, 0.25) is 0 Å². The van der Waals surface area contributed by atoms with Gasteiger partial charge in [0, 0.05) is 12.5 Å². The molecule has 0 rings (SSSR count). The minimum atomic E-state index is -1.06. The smallest absolute Gasteiger partial charge is 0.328 e. The monoisotopic (exact) mass is 368 g/mol. The number of carboxylic acids is 1. The van der Waals surface area contributed by atoms with Gasteiger partial charge in [-0.05, 0) is 12.5 Å². The normalized spacial score (nSPS) is 10.8. The number of hydrogen-bond acceptors (Lipinski definition) is 2. The van der Waals surface area contributed by atoms with Crippen molar-refractivity contribution >= 4 is 11.8 Å². The Morgan fingerprint density at radius 1 is 0.615 bits per heavy atom. The second kappa shape index (κ2) is 21.9. The van der Waals surface area contributed by atoms with Gasteiger partial charge in [0.1, 0.15) is 0 Å². The van der Waals surface area contributed by atoms with Gasteiger partial charge in [-0.25, -0.2) is 4.79 Å². The van der Waals surface area contributed by atoms with Crippen molar-refractivity contribution in [1.29, 1.82) is 0 Å². The summed E-state index contributed by atoms with van der Waals surface area (Å²) in [6.45, 7) is 2.27. The third-order valence-electron chi connectivity index (χ3n) is 4.69. The highest BCUT2D eigenvalue weighted by atomic mass is 16.4. The zero-order chi connectivity index (χ0) is 18.6. The molecule has 0 aliphatic heterocycles. The quantitative estimate of drug-likeness (QED) is 0.190. The predicted octanol–water partition coefficient (Wildman–Crippen LogP) is 7.48. The molecule has 0 unspecified atom stereocenters. The predicted molar refractivity (Wildman–Crippen MR) is 113 cm³/mol. The van der Waals surface area contributed by atoms with Gasteiger partial charge in [0.05, 0.1) is 0 Å². The summed E-state index contributed by atoms with van der Waals surface area (Å²) in [6.07, 6.45) is 23.6. The average Bonchev–Trinajstić information content (AvgIpc) is 2.59. The molecule has 0 aromatic carbocycles. The number of hydrogen-bond donors (Lipinski definition) is 1. The van der Waals surface area contributed by atoms with E-state index in [2.05, 4.69) is 6.92 Å². The number of aliphatic carboxylic acids is 1. The molecule has 0 saturated heterocycles. The molecule has 0 amide bonds. The minimum absolute atomic E-state index is 0. The first kappa shape index (κ1) is 27.1.